The Hall–Kier alpha value is -3.90. The molecule has 6 nitrogen and oxygen atoms in total. The minimum atomic E-state index is -0.0761. The Morgan fingerprint density at radius 3 is 2.23 bits per heavy atom. The van der Waals surface area contributed by atoms with Crippen molar-refractivity contribution in [3.05, 3.63) is 96.3 Å². The van der Waals surface area contributed by atoms with Crippen molar-refractivity contribution >= 4 is 22.8 Å². The lowest BCUT2D eigenvalue weighted by molar-refractivity contribution is 0.0523. The van der Waals surface area contributed by atoms with Gasteiger partial charge in [-0.3, -0.25) is 9.59 Å². The molecule has 0 saturated carbocycles. The first-order valence-corrected chi connectivity index (χ1v) is 12.1. The van der Waals surface area contributed by atoms with Gasteiger partial charge in [0.05, 0.1) is 0 Å². The van der Waals surface area contributed by atoms with Crippen molar-refractivity contribution in [3.8, 4) is 11.1 Å². The van der Waals surface area contributed by atoms with Crippen LogP contribution in [0.15, 0.2) is 89.3 Å². The number of hydrogen-bond donors (Lipinski definition) is 1. The summed E-state index contributed by atoms with van der Waals surface area (Å²) in [5.74, 6) is 0.387. The predicted octanol–water partition coefficient (Wildman–Crippen LogP) is 4.43. The molecule has 4 aromatic rings. The van der Waals surface area contributed by atoms with Crippen LogP contribution in [0.2, 0.25) is 0 Å². The van der Waals surface area contributed by atoms with Crippen LogP contribution in [0.1, 0.15) is 27.3 Å². The molecule has 2 saturated heterocycles. The predicted molar refractivity (Wildman–Crippen MR) is 135 cm³/mol. The van der Waals surface area contributed by atoms with E-state index in [0.717, 1.165) is 40.6 Å². The molecule has 1 unspecified atom stereocenters. The number of carbonyl (C=O) groups excluding carboxylic acids is 2. The van der Waals surface area contributed by atoms with Gasteiger partial charge in [0.1, 0.15) is 5.58 Å². The van der Waals surface area contributed by atoms with Crippen molar-refractivity contribution < 1.29 is 14.0 Å². The van der Waals surface area contributed by atoms with E-state index >= 15 is 0 Å². The molecular weight excluding hydrogens is 438 g/mol. The molecule has 0 bridgehead atoms. The summed E-state index contributed by atoms with van der Waals surface area (Å²) in [7, 11) is 0. The summed E-state index contributed by atoms with van der Waals surface area (Å²) in [6.45, 7) is 2.75. The zero-order valence-corrected chi connectivity index (χ0v) is 19.4. The van der Waals surface area contributed by atoms with Gasteiger partial charge >= 0.3 is 0 Å². The number of hydrogen-bond acceptors (Lipinski definition) is 4. The van der Waals surface area contributed by atoms with Crippen molar-refractivity contribution in [2.45, 2.75) is 18.5 Å². The van der Waals surface area contributed by atoms with E-state index < -0.39 is 0 Å². The standard InChI is InChI=1S/C29H27N3O3/c33-28(21-9-5-2-6-10-21)31-14-13-24(17-31)30-25-18-32(19-25)29(34)27-16-23-15-22(11-12-26(23)35-27)20-7-3-1-4-8-20/h1-12,15-16,24-25,30H,13-14,17-19H2. The molecular formula is C29H27N3O3. The summed E-state index contributed by atoms with van der Waals surface area (Å²) in [4.78, 5) is 29.4. The number of rotatable bonds is 5. The maximum absolute atomic E-state index is 13.0. The zero-order chi connectivity index (χ0) is 23.8. The van der Waals surface area contributed by atoms with Crippen molar-refractivity contribution in [1.82, 2.24) is 15.1 Å². The largest absolute Gasteiger partial charge is 0.451 e. The van der Waals surface area contributed by atoms with Crippen LogP contribution in [0.5, 0.6) is 0 Å². The molecule has 2 aliphatic rings. The van der Waals surface area contributed by atoms with Gasteiger partial charge in [0, 0.05) is 49.2 Å². The van der Waals surface area contributed by atoms with Gasteiger partial charge in [-0.05, 0) is 47.9 Å². The Balaban J connectivity index is 1.04. The highest BCUT2D eigenvalue weighted by molar-refractivity contribution is 5.97. The van der Waals surface area contributed by atoms with Gasteiger partial charge in [0.15, 0.2) is 5.76 Å². The summed E-state index contributed by atoms with van der Waals surface area (Å²) >= 11 is 0. The van der Waals surface area contributed by atoms with E-state index in [4.69, 9.17) is 4.42 Å². The second kappa shape index (κ2) is 9.04. The van der Waals surface area contributed by atoms with Gasteiger partial charge < -0.3 is 19.5 Å². The fraction of sp³-hybridized carbons (Fsp3) is 0.241. The number of nitrogens with zero attached hydrogens (tertiary/aromatic N) is 2. The van der Waals surface area contributed by atoms with E-state index in [-0.39, 0.29) is 23.9 Å². The molecule has 176 valence electrons. The molecule has 35 heavy (non-hydrogen) atoms. The Labute approximate surface area is 204 Å². The molecule has 0 radical (unpaired) electrons. The summed E-state index contributed by atoms with van der Waals surface area (Å²) in [5, 5.41) is 4.55. The maximum Gasteiger partial charge on any atom is 0.289 e. The third kappa shape index (κ3) is 4.33. The lowest BCUT2D eigenvalue weighted by atomic mass is 10.0. The van der Waals surface area contributed by atoms with Crippen LogP contribution in [-0.2, 0) is 0 Å². The quantitative estimate of drug-likeness (QED) is 0.474. The minimum Gasteiger partial charge on any atom is -0.451 e. The number of carbonyl (C=O) groups is 2. The number of benzene rings is 3. The highest BCUT2D eigenvalue weighted by Gasteiger charge is 2.36. The highest BCUT2D eigenvalue weighted by atomic mass is 16.3. The van der Waals surface area contributed by atoms with E-state index in [1.165, 1.54) is 0 Å². The van der Waals surface area contributed by atoms with E-state index in [9.17, 15) is 9.59 Å². The number of nitrogens with one attached hydrogen (secondary N) is 1. The third-order valence-electron chi connectivity index (χ3n) is 6.97. The zero-order valence-electron chi connectivity index (χ0n) is 19.4. The topological polar surface area (TPSA) is 65.8 Å². The van der Waals surface area contributed by atoms with Gasteiger partial charge in [-0.2, -0.15) is 0 Å². The first-order chi connectivity index (χ1) is 17.1. The van der Waals surface area contributed by atoms with Gasteiger partial charge in [0.2, 0.25) is 0 Å². The fourth-order valence-corrected chi connectivity index (χ4v) is 5.04. The summed E-state index contributed by atoms with van der Waals surface area (Å²) in [6.07, 6.45) is 0.927. The minimum absolute atomic E-state index is 0.0761. The third-order valence-corrected chi connectivity index (χ3v) is 6.97. The normalized spacial score (nSPS) is 18.1. The molecule has 3 heterocycles. The van der Waals surface area contributed by atoms with E-state index in [0.29, 0.717) is 25.4 Å². The Bertz CT molecular complexity index is 1360. The van der Waals surface area contributed by atoms with Crippen molar-refractivity contribution in [3.63, 3.8) is 0 Å². The molecule has 0 spiro atoms. The molecule has 6 heteroatoms. The van der Waals surface area contributed by atoms with Crippen LogP contribution >= 0.6 is 0 Å². The first-order valence-electron chi connectivity index (χ1n) is 12.1. The fourth-order valence-electron chi connectivity index (χ4n) is 5.04. The molecule has 1 N–H and O–H groups in total. The number of fused-ring (bicyclic) bond motifs is 1. The Morgan fingerprint density at radius 2 is 1.46 bits per heavy atom. The molecule has 3 aromatic carbocycles. The smallest absolute Gasteiger partial charge is 0.289 e. The molecule has 1 atom stereocenters. The van der Waals surface area contributed by atoms with Crippen LogP contribution in [0, 0.1) is 0 Å². The number of amides is 2. The van der Waals surface area contributed by atoms with Crippen LogP contribution in [0.25, 0.3) is 22.1 Å². The SMILES string of the molecule is O=C(c1ccccc1)N1CCC(NC2CN(C(=O)c3cc4cc(-c5ccccc5)ccc4o3)C2)C1. The summed E-state index contributed by atoms with van der Waals surface area (Å²) in [5.41, 5.74) is 3.69. The lowest BCUT2D eigenvalue weighted by Crippen LogP contribution is -2.62. The summed E-state index contributed by atoms with van der Waals surface area (Å²) in [6, 6.07) is 27.9. The van der Waals surface area contributed by atoms with Gasteiger partial charge in [0.25, 0.3) is 11.8 Å². The van der Waals surface area contributed by atoms with Crippen LogP contribution in [0.3, 0.4) is 0 Å². The average Bonchev–Trinajstić information content (AvgIpc) is 3.53. The first kappa shape index (κ1) is 21.6. The molecule has 2 amide bonds. The Morgan fingerprint density at radius 1 is 0.743 bits per heavy atom. The second-order valence-electron chi connectivity index (χ2n) is 9.41. The van der Waals surface area contributed by atoms with Crippen LogP contribution < -0.4 is 5.32 Å². The molecule has 1 aromatic heterocycles. The summed E-state index contributed by atoms with van der Waals surface area (Å²) < 4.78 is 5.87. The van der Waals surface area contributed by atoms with Crippen molar-refractivity contribution in [1.29, 1.82) is 0 Å². The van der Waals surface area contributed by atoms with E-state index in [2.05, 4.69) is 23.5 Å². The average molecular weight is 466 g/mol. The molecule has 2 fully saturated rings. The second-order valence-corrected chi connectivity index (χ2v) is 9.41. The maximum atomic E-state index is 13.0. The van der Waals surface area contributed by atoms with Crippen molar-refractivity contribution in [2.24, 2.45) is 0 Å². The van der Waals surface area contributed by atoms with Gasteiger partial charge in [-0.25, -0.2) is 0 Å². The number of likely N-dealkylation sites (tertiary alicyclic amines) is 2. The van der Waals surface area contributed by atoms with E-state index in [1.807, 2.05) is 76.5 Å². The lowest BCUT2D eigenvalue weighted by Gasteiger charge is -2.40. The highest BCUT2D eigenvalue weighted by Crippen LogP contribution is 2.28. The molecule has 2 aliphatic heterocycles. The van der Waals surface area contributed by atoms with Crippen molar-refractivity contribution in [2.75, 3.05) is 26.2 Å². The molecule has 6 rings (SSSR count). The van der Waals surface area contributed by atoms with Gasteiger partial charge in [-0.15, -0.1) is 0 Å². The molecule has 0 aliphatic carbocycles. The van der Waals surface area contributed by atoms with E-state index in [1.54, 1.807) is 0 Å². The van der Waals surface area contributed by atoms with Gasteiger partial charge in [-0.1, -0.05) is 54.6 Å². The van der Waals surface area contributed by atoms with Crippen LogP contribution in [0.4, 0.5) is 0 Å². The number of furan rings is 1. The van der Waals surface area contributed by atoms with Crippen LogP contribution in [-0.4, -0.2) is 59.9 Å². The Kier molecular flexibility index (Phi) is 5.58. The monoisotopic (exact) mass is 465 g/mol.